The number of pyridine rings is 1. The average Bonchev–Trinajstić information content (AvgIpc) is 2.45. The molecule has 138 valence electrons. The average molecular weight is 377 g/mol. The van der Waals surface area contributed by atoms with Gasteiger partial charge in [-0.1, -0.05) is 11.6 Å². The maximum Gasteiger partial charge on any atom is 0.408 e. The molecule has 0 fully saturated rings. The second kappa shape index (κ2) is 8.11. The van der Waals surface area contributed by atoms with E-state index >= 15 is 0 Å². The number of esters is 1. The van der Waals surface area contributed by atoms with E-state index in [1.165, 1.54) is 6.92 Å². The molecule has 0 aliphatic rings. The smallest absolute Gasteiger partial charge is 0.408 e. The zero-order chi connectivity index (χ0) is 19.4. The summed E-state index contributed by atoms with van der Waals surface area (Å²) in [4.78, 5) is 38.5. The number of aromatic nitrogens is 1. The molecule has 1 amide bonds. The Morgan fingerprint density at radius 2 is 2.00 bits per heavy atom. The number of nitrogens with zero attached hydrogens (tertiary/aromatic N) is 1. The first kappa shape index (κ1) is 20.6. The standard InChI is InChI=1S/C15H18ClFN2O6/c1-5-24-13(22)10(19-14(23)25-15(2,3)4)9-8(17)6-7(12(20)21)11(16)18-9/h6,10H,5H2,1-4H3,(H,19,23)(H,20,21). The minimum absolute atomic E-state index is 0.0338. The third-order valence-electron chi connectivity index (χ3n) is 2.64. The number of carbonyl (C=O) groups is 3. The first-order chi connectivity index (χ1) is 11.5. The number of rotatable bonds is 5. The molecule has 0 aromatic carbocycles. The summed E-state index contributed by atoms with van der Waals surface area (Å²) >= 11 is 5.71. The third-order valence-corrected chi connectivity index (χ3v) is 2.93. The lowest BCUT2D eigenvalue weighted by molar-refractivity contribution is -0.146. The fourth-order valence-corrected chi connectivity index (χ4v) is 1.95. The predicted molar refractivity (Wildman–Crippen MR) is 84.9 cm³/mol. The number of aromatic carboxylic acids is 1. The number of carbonyl (C=O) groups excluding carboxylic acids is 2. The summed E-state index contributed by atoms with van der Waals surface area (Å²) in [6.07, 6.45) is -1.01. The van der Waals surface area contributed by atoms with E-state index in [1.807, 2.05) is 0 Å². The van der Waals surface area contributed by atoms with Crippen LogP contribution in [0, 0.1) is 5.82 Å². The molecule has 0 bridgehead atoms. The fourth-order valence-electron chi connectivity index (χ4n) is 1.72. The van der Waals surface area contributed by atoms with E-state index < -0.39 is 51.9 Å². The van der Waals surface area contributed by atoms with Gasteiger partial charge in [-0.3, -0.25) is 0 Å². The van der Waals surface area contributed by atoms with E-state index in [-0.39, 0.29) is 6.61 Å². The van der Waals surface area contributed by atoms with Crippen LogP contribution in [0.5, 0.6) is 0 Å². The number of nitrogens with one attached hydrogen (secondary N) is 1. The number of alkyl carbamates (subject to hydrolysis) is 1. The fraction of sp³-hybridized carbons (Fsp3) is 0.467. The minimum Gasteiger partial charge on any atom is -0.478 e. The van der Waals surface area contributed by atoms with Crippen LogP contribution < -0.4 is 5.32 Å². The van der Waals surface area contributed by atoms with Crippen LogP contribution in [0.4, 0.5) is 9.18 Å². The highest BCUT2D eigenvalue weighted by Gasteiger charge is 2.32. The van der Waals surface area contributed by atoms with Crippen LogP contribution in [-0.4, -0.2) is 40.3 Å². The summed E-state index contributed by atoms with van der Waals surface area (Å²) in [5.41, 5.74) is -2.03. The van der Waals surface area contributed by atoms with Crippen molar-refractivity contribution in [2.75, 3.05) is 6.61 Å². The number of carboxylic acids is 1. The molecule has 8 nitrogen and oxygen atoms in total. The first-order valence-electron chi connectivity index (χ1n) is 7.21. The maximum atomic E-state index is 14.2. The topological polar surface area (TPSA) is 115 Å². The Morgan fingerprint density at radius 3 is 2.48 bits per heavy atom. The second-order valence-corrected chi connectivity index (χ2v) is 6.19. The van der Waals surface area contributed by atoms with Crippen LogP contribution in [0.2, 0.25) is 5.15 Å². The van der Waals surface area contributed by atoms with Crippen molar-refractivity contribution < 1.29 is 33.4 Å². The number of hydrogen-bond acceptors (Lipinski definition) is 6. The van der Waals surface area contributed by atoms with Crippen LogP contribution in [0.3, 0.4) is 0 Å². The molecule has 2 N–H and O–H groups in total. The number of amides is 1. The molecule has 0 saturated carbocycles. The monoisotopic (exact) mass is 376 g/mol. The lowest BCUT2D eigenvalue weighted by Crippen LogP contribution is -2.39. The molecule has 25 heavy (non-hydrogen) atoms. The normalized spacial score (nSPS) is 12.2. The van der Waals surface area contributed by atoms with Gasteiger partial charge in [0.15, 0.2) is 6.04 Å². The predicted octanol–water partition coefficient (Wildman–Crippen LogP) is 2.70. The summed E-state index contributed by atoms with van der Waals surface area (Å²) in [7, 11) is 0. The lowest BCUT2D eigenvalue weighted by Gasteiger charge is -2.23. The molecule has 0 radical (unpaired) electrons. The molecule has 1 unspecified atom stereocenters. The highest BCUT2D eigenvalue weighted by molar-refractivity contribution is 6.32. The minimum atomic E-state index is -1.66. The molecular weight excluding hydrogens is 359 g/mol. The van der Waals surface area contributed by atoms with E-state index in [1.54, 1.807) is 20.8 Å². The number of halogens is 2. The zero-order valence-corrected chi connectivity index (χ0v) is 14.8. The Hall–Kier alpha value is -2.42. The molecule has 1 aromatic heterocycles. The van der Waals surface area contributed by atoms with Crippen molar-refractivity contribution in [2.45, 2.75) is 39.3 Å². The van der Waals surface area contributed by atoms with E-state index in [2.05, 4.69) is 10.3 Å². The first-order valence-corrected chi connectivity index (χ1v) is 7.59. The van der Waals surface area contributed by atoms with Gasteiger partial charge in [0.1, 0.15) is 22.3 Å². The van der Waals surface area contributed by atoms with Crippen LogP contribution in [-0.2, 0) is 14.3 Å². The van der Waals surface area contributed by atoms with Crippen molar-refractivity contribution in [3.05, 3.63) is 28.3 Å². The number of carboxylic acid groups (broad SMARTS) is 1. The summed E-state index contributed by atoms with van der Waals surface area (Å²) in [6, 6.07) is -1.05. The Bertz CT molecular complexity index is 689. The lowest BCUT2D eigenvalue weighted by atomic mass is 10.1. The van der Waals surface area contributed by atoms with Crippen LogP contribution in [0.1, 0.15) is 49.8 Å². The highest BCUT2D eigenvalue weighted by Crippen LogP contribution is 2.23. The summed E-state index contributed by atoms with van der Waals surface area (Å²) < 4.78 is 24.0. The summed E-state index contributed by atoms with van der Waals surface area (Å²) in [6.45, 7) is 6.29. The number of hydrogen-bond donors (Lipinski definition) is 2. The SMILES string of the molecule is CCOC(=O)C(NC(=O)OC(C)(C)C)c1nc(Cl)c(C(=O)O)cc1F. The van der Waals surface area contributed by atoms with Crippen molar-refractivity contribution in [3.63, 3.8) is 0 Å². The van der Waals surface area contributed by atoms with Crippen LogP contribution >= 0.6 is 11.6 Å². The van der Waals surface area contributed by atoms with E-state index in [9.17, 15) is 18.8 Å². The van der Waals surface area contributed by atoms with Gasteiger partial charge in [-0.05, 0) is 33.8 Å². The molecule has 1 aromatic rings. The van der Waals surface area contributed by atoms with Gasteiger partial charge in [0, 0.05) is 0 Å². The third kappa shape index (κ3) is 5.86. The van der Waals surface area contributed by atoms with Crippen LogP contribution in [0.25, 0.3) is 0 Å². The van der Waals surface area contributed by atoms with Crippen LogP contribution in [0.15, 0.2) is 6.07 Å². The Labute approximate surface area is 148 Å². The van der Waals surface area contributed by atoms with Gasteiger partial charge in [0.25, 0.3) is 0 Å². The molecule has 10 heteroatoms. The van der Waals surface area contributed by atoms with Gasteiger partial charge in [-0.25, -0.2) is 23.8 Å². The van der Waals surface area contributed by atoms with Gasteiger partial charge in [0.2, 0.25) is 0 Å². The largest absolute Gasteiger partial charge is 0.478 e. The van der Waals surface area contributed by atoms with Gasteiger partial charge in [-0.15, -0.1) is 0 Å². The van der Waals surface area contributed by atoms with E-state index in [0.29, 0.717) is 6.07 Å². The Balaban J connectivity index is 3.25. The molecular formula is C15H18ClFN2O6. The van der Waals surface area contributed by atoms with Gasteiger partial charge >= 0.3 is 18.0 Å². The van der Waals surface area contributed by atoms with Crippen molar-refractivity contribution in [1.29, 1.82) is 0 Å². The van der Waals surface area contributed by atoms with E-state index in [4.69, 9.17) is 26.2 Å². The molecule has 1 rings (SSSR count). The molecule has 0 saturated heterocycles. The molecule has 1 atom stereocenters. The van der Waals surface area contributed by atoms with Crippen molar-refractivity contribution in [1.82, 2.24) is 10.3 Å². The zero-order valence-electron chi connectivity index (χ0n) is 14.1. The Morgan fingerprint density at radius 1 is 1.40 bits per heavy atom. The van der Waals surface area contributed by atoms with Crippen molar-refractivity contribution in [2.24, 2.45) is 0 Å². The van der Waals surface area contributed by atoms with Gasteiger partial charge in [-0.2, -0.15) is 0 Å². The highest BCUT2D eigenvalue weighted by atomic mass is 35.5. The molecule has 0 aliphatic carbocycles. The van der Waals surface area contributed by atoms with Gasteiger partial charge in [0.05, 0.1) is 12.2 Å². The summed E-state index contributed by atoms with van der Waals surface area (Å²) in [5, 5.41) is 10.5. The maximum absolute atomic E-state index is 14.2. The second-order valence-electron chi connectivity index (χ2n) is 5.83. The Kier molecular flexibility index (Phi) is 6.69. The molecule has 0 spiro atoms. The number of ether oxygens (including phenoxy) is 2. The van der Waals surface area contributed by atoms with Crippen molar-refractivity contribution >= 4 is 29.6 Å². The van der Waals surface area contributed by atoms with E-state index in [0.717, 1.165) is 0 Å². The molecule has 0 aliphatic heterocycles. The quantitative estimate of drug-likeness (QED) is 0.599. The van der Waals surface area contributed by atoms with Gasteiger partial charge < -0.3 is 19.9 Å². The van der Waals surface area contributed by atoms with Crippen molar-refractivity contribution in [3.8, 4) is 0 Å². The summed E-state index contributed by atoms with van der Waals surface area (Å²) in [5.74, 6) is -3.63. The molecule has 1 heterocycles.